The summed E-state index contributed by atoms with van der Waals surface area (Å²) in [6.45, 7) is 3.02. The van der Waals surface area contributed by atoms with Crippen LogP contribution in [0.4, 0.5) is 0 Å². The first-order chi connectivity index (χ1) is 8.72. The molecule has 1 aromatic carbocycles. The van der Waals surface area contributed by atoms with Gasteiger partial charge in [-0.05, 0) is 49.9 Å². The van der Waals surface area contributed by atoms with Gasteiger partial charge in [-0.15, -0.1) is 11.3 Å². The molecule has 1 heterocycles. The Morgan fingerprint density at radius 3 is 2.94 bits per heavy atom. The molecule has 0 spiro atoms. The molecule has 0 saturated carbocycles. The number of benzene rings is 1. The number of aryl methyl sites for hydroxylation is 1. The highest BCUT2D eigenvalue weighted by Crippen LogP contribution is 2.27. The third-order valence-electron chi connectivity index (χ3n) is 3.31. The molecule has 2 rings (SSSR count). The average Bonchev–Trinajstić information content (AvgIpc) is 2.76. The molecule has 1 atom stereocenters. The van der Waals surface area contributed by atoms with E-state index in [1.54, 1.807) is 11.3 Å². The summed E-state index contributed by atoms with van der Waals surface area (Å²) >= 11 is 7.74. The number of aromatic nitrogens is 1. The fourth-order valence-corrected chi connectivity index (χ4v) is 3.43. The van der Waals surface area contributed by atoms with E-state index in [9.17, 15) is 0 Å². The summed E-state index contributed by atoms with van der Waals surface area (Å²) in [5, 5.41) is 2.00. The van der Waals surface area contributed by atoms with E-state index in [1.165, 1.54) is 22.5 Å². The number of nitrogens with zero attached hydrogens (tertiary/aromatic N) is 1. The number of hydrogen-bond donors (Lipinski definition) is 1. The van der Waals surface area contributed by atoms with Gasteiger partial charge in [0.25, 0.3) is 0 Å². The van der Waals surface area contributed by atoms with E-state index < -0.39 is 0 Å². The maximum absolute atomic E-state index is 5.98. The predicted octanol–water partition coefficient (Wildman–Crippen LogP) is 4.26. The Morgan fingerprint density at radius 2 is 2.22 bits per heavy atom. The first-order valence-corrected chi connectivity index (χ1v) is 7.67. The first kappa shape index (κ1) is 13.8. The van der Waals surface area contributed by atoms with Gasteiger partial charge in [0.05, 0.1) is 15.2 Å². The Bertz CT molecular complexity index is 509. The maximum atomic E-state index is 5.98. The van der Waals surface area contributed by atoms with Gasteiger partial charge in [-0.1, -0.05) is 24.9 Å². The van der Waals surface area contributed by atoms with E-state index in [1.807, 2.05) is 18.2 Å². The van der Waals surface area contributed by atoms with Crippen LogP contribution in [-0.2, 0) is 6.42 Å². The summed E-state index contributed by atoms with van der Waals surface area (Å²) in [7, 11) is 0. The van der Waals surface area contributed by atoms with Crippen molar-refractivity contribution in [3.63, 3.8) is 0 Å². The molecule has 0 fully saturated rings. The number of thiazole rings is 1. The lowest BCUT2D eigenvalue weighted by Crippen LogP contribution is -2.08. The summed E-state index contributed by atoms with van der Waals surface area (Å²) in [5.41, 5.74) is 6.69. The fraction of sp³-hybridized carbons (Fsp3) is 0.500. The van der Waals surface area contributed by atoms with Crippen LogP contribution in [0.3, 0.4) is 0 Å². The van der Waals surface area contributed by atoms with Gasteiger partial charge in [0.15, 0.2) is 0 Å². The molecule has 98 valence electrons. The summed E-state index contributed by atoms with van der Waals surface area (Å²) < 4.78 is 1.18. The van der Waals surface area contributed by atoms with Gasteiger partial charge in [-0.25, -0.2) is 4.98 Å². The van der Waals surface area contributed by atoms with E-state index in [2.05, 4.69) is 11.9 Å². The van der Waals surface area contributed by atoms with Gasteiger partial charge in [-0.2, -0.15) is 0 Å². The van der Waals surface area contributed by atoms with E-state index in [4.69, 9.17) is 17.3 Å². The van der Waals surface area contributed by atoms with Gasteiger partial charge in [0, 0.05) is 5.02 Å². The minimum Gasteiger partial charge on any atom is -0.330 e. The SMILES string of the molecule is CCC(CCN)CCc1nc2ccc(Cl)cc2s1. The topological polar surface area (TPSA) is 38.9 Å². The largest absolute Gasteiger partial charge is 0.330 e. The van der Waals surface area contributed by atoms with Gasteiger partial charge in [0.2, 0.25) is 0 Å². The molecule has 1 aromatic heterocycles. The summed E-state index contributed by atoms with van der Waals surface area (Å²) in [6.07, 6.45) is 4.55. The second-order valence-corrected chi connectivity index (χ2v) is 6.16. The van der Waals surface area contributed by atoms with Gasteiger partial charge >= 0.3 is 0 Å². The molecule has 2 aromatic rings. The highest BCUT2D eigenvalue weighted by molar-refractivity contribution is 7.18. The molecule has 0 bridgehead atoms. The van der Waals surface area contributed by atoms with Crippen LogP contribution < -0.4 is 5.73 Å². The third kappa shape index (κ3) is 3.44. The Kier molecular flexibility index (Phi) is 4.98. The first-order valence-electron chi connectivity index (χ1n) is 6.48. The standard InChI is InChI=1S/C14H19ClN2S/c1-2-10(7-8-16)3-6-14-17-12-5-4-11(15)9-13(12)18-14/h4-5,9-10H,2-3,6-8,16H2,1H3. The van der Waals surface area contributed by atoms with Gasteiger partial charge in [0.1, 0.15) is 0 Å². The van der Waals surface area contributed by atoms with Crippen LogP contribution in [0.5, 0.6) is 0 Å². The van der Waals surface area contributed by atoms with Crippen molar-refractivity contribution in [2.24, 2.45) is 11.7 Å². The van der Waals surface area contributed by atoms with Crippen molar-refractivity contribution in [1.82, 2.24) is 4.98 Å². The zero-order valence-electron chi connectivity index (χ0n) is 10.7. The third-order valence-corrected chi connectivity index (χ3v) is 4.63. The molecular weight excluding hydrogens is 264 g/mol. The molecule has 2 N–H and O–H groups in total. The second-order valence-electron chi connectivity index (χ2n) is 4.61. The van der Waals surface area contributed by atoms with Crippen molar-refractivity contribution in [1.29, 1.82) is 0 Å². The van der Waals surface area contributed by atoms with Crippen LogP contribution >= 0.6 is 22.9 Å². The lowest BCUT2D eigenvalue weighted by atomic mass is 9.97. The van der Waals surface area contributed by atoms with Crippen LogP contribution in [0.15, 0.2) is 18.2 Å². The van der Waals surface area contributed by atoms with Crippen LogP contribution in [0.25, 0.3) is 10.2 Å². The van der Waals surface area contributed by atoms with Crippen molar-refractivity contribution in [3.05, 3.63) is 28.2 Å². The quantitative estimate of drug-likeness (QED) is 0.860. The van der Waals surface area contributed by atoms with Crippen molar-refractivity contribution in [3.8, 4) is 0 Å². The monoisotopic (exact) mass is 282 g/mol. The van der Waals surface area contributed by atoms with Crippen LogP contribution in [0.1, 0.15) is 31.2 Å². The average molecular weight is 283 g/mol. The highest BCUT2D eigenvalue weighted by Gasteiger charge is 2.09. The molecule has 0 aliphatic carbocycles. The molecule has 0 aliphatic rings. The summed E-state index contributed by atoms with van der Waals surface area (Å²) in [5.74, 6) is 0.727. The number of nitrogens with two attached hydrogens (primary N) is 1. The molecule has 18 heavy (non-hydrogen) atoms. The van der Waals surface area contributed by atoms with Crippen LogP contribution in [-0.4, -0.2) is 11.5 Å². The van der Waals surface area contributed by atoms with Crippen LogP contribution in [0.2, 0.25) is 5.02 Å². The molecule has 1 unspecified atom stereocenters. The number of fused-ring (bicyclic) bond motifs is 1. The fourth-order valence-electron chi connectivity index (χ4n) is 2.17. The summed E-state index contributed by atoms with van der Waals surface area (Å²) in [6, 6.07) is 5.89. The lowest BCUT2D eigenvalue weighted by molar-refractivity contribution is 0.443. The Morgan fingerprint density at radius 1 is 1.39 bits per heavy atom. The molecule has 4 heteroatoms. The van der Waals surface area contributed by atoms with E-state index in [-0.39, 0.29) is 0 Å². The lowest BCUT2D eigenvalue weighted by Gasteiger charge is -2.11. The Balaban J connectivity index is 2.03. The number of halogens is 1. The predicted molar refractivity (Wildman–Crippen MR) is 80.4 cm³/mol. The molecule has 0 radical (unpaired) electrons. The smallest absolute Gasteiger partial charge is 0.0938 e. The molecule has 2 nitrogen and oxygen atoms in total. The molecular formula is C14H19ClN2S. The van der Waals surface area contributed by atoms with Gasteiger partial charge in [-0.3, -0.25) is 0 Å². The van der Waals surface area contributed by atoms with Crippen molar-refractivity contribution in [2.75, 3.05) is 6.54 Å². The zero-order chi connectivity index (χ0) is 13.0. The van der Waals surface area contributed by atoms with E-state index in [0.717, 1.165) is 35.8 Å². The van der Waals surface area contributed by atoms with Crippen molar-refractivity contribution < 1.29 is 0 Å². The van der Waals surface area contributed by atoms with Crippen LogP contribution in [0, 0.1) is 5.92 Å². The number of hydrogen-bond acceptors (Lipinski definition) is 3. The Hall–Kier alpha value is -0.640. The maximum Gasteiger partial charge on any atom is 0.0938 e. The van der Waals surface area contributed by atoms with E-state index in [0.29, 0.717) is 0 Å². The van der Waals surface area contributed by atoms with Crippen molar-refractivity contribution >= 4 is 33.2 Å². The molecule has 0 amide bonds. The van der Waals surface area contributed by atoms with Crippen molar-refractivity contribution in [2.45, 2.75) is 32.6 Å². The number of rotatable bonds is 6. The minimum absolute atomic E-state index is 0.727. The minimum atomic E-state index is 0.727. The second kappa shape index (κ2) is 6.50. The van der Waals surface area contributed by atoms with Gasteiger partial charge < -0.3 is 5.73 Å². The Labute approximate surface area is 117 Å². The molecule has 0 aliphatic heterocycles. The van der Waals surface area contributed by atoms with E-state index >= 15 is 0 Å². The highest BCUT2D eigenvalue weighted by atomic mass is 35.5. The molecule has 0 saturated heterocycles. The summed E-state index contributed by atoms with van der Waals surface area (Å²) in [4.78, 5) is 4.65. The zero-order valence-corrected chi connectivity index (χ0v) is 12.2. The normalized spacial score (nSPS) is 13.1.